The van der Waals surface area contributed by atoms with E-state index in [1.54, 1.807) is 6.07 Å². The Kier molecular flexibility index (Phi) is 5.23. The normalized spacial score (nSPS) is 12.9. The number of rotatable bonds is 5. The van der Waals surface area contributed by atoms with E-state index in [4.69, 9.17) is 5.73 Å². The van der Waals surface area contributed by atoms with E-state index >= 15 is 0 Å². The Hall–Kier alpha value is -2.80. The van der Waals surface area contributed by atoms with Gasteiger partial charge in [0.1, 0.15) is 6.04 Å². The Bertz CT molecular complexity index is 963. The number of alkyl halides is 3. The molecule has 0 bridgehead atoms. The van der Waals surface area contributed by atoms with Crippen molar-refractivity contribution in [3.63, 3.8) is 0 Å². The fourth-order valence-corrected chi connectivity index (χ4v) is 3.13. The van der Waals surface area contributed by atoms with Crippen LogP contribution in [0.4, 0.5) is 13.2 Å². The highest BCUT2D eigenvalue weighted by molar-refractivity contribution is 5.85. The first-order chi connectivity index (χ1) is 12.8. The minimum absolute atomic E-state index is 0.276. The van der Waals surface area contributed by atoms with Crippen molar-refractivity contribution in [1.29, 1.82) is 0 Å². The Morgan fingerprint density at radius 3 is 2.63 bits per heavy atom. The second-order valence-electron chi connectivity index (χ2n) is 6.33. The highest BCUT2D eigenvalue weighted by Gasteiger charge is 2.30. The number of halogens is 3. The molecule has 3 aromatic rings. The van der Waals surface area contributed by atoms with Crippen LogP contribution in [0.1, 0.15) is 16.7 Å². The van der Waals surface area contributed by atoms with Crippen molar-refractivity contribution >= 4 is 16.9 Å². The zero-order chi connectivity index (χ0) is 19.6. The van der Waals surface area contributed by atoms with Gasteiger partial charge in [-0.2, -0.15) is 13.2 Å². The van der Waals surface area contributed by atoms with Crippen LogP contribution in [0.3, 0.4) is 0 Å². The van der Waals surface area contributed by atoms with Gasteiger partial charge in [0.25, 0.3) is 0 Å². The number of fused-ring (bicyclic) bond motifs is 1. The quantitative estimate of drug-likeness (QED) is 0.690. The van der Waals surface area contributed by atoms with Gasteiger partial charge in [-0.05, 0) is 29.3 Å². The van der Waals surface area contributed by atoms with Crippen molar-refractivity contribution < 1.29 is 22.7 Å². The first-order valence-corrected chi connectivity index (χ1v) is 8.36. The number of nitrogens with two attached hydrogens (primary N) is 1. The fraction of sp³-hybridized carbons (Fsp3) is 0.250. The summed E-state index contributed by atoms with van der Waals surface area (Å²) in [4.78, 5) is 11.6. The molecule has 0 aliphatic carbocycles. The first kappa shape index (κ1) is 19.0. The van der Waals surface area contributed by atoms with Gasteiger partial charge in [-0.3, -0.25) is 4.79 Å². The Balaban J connectivity index is 1.95. The lowest BCUT2D eigenvalue weighted by Gasteiger charge is -2.10. The van der Waals surface area contributed by atoms with Gasteiger partial charge in [-0.25, -0.2) is 0 Å². The molecule has 142 valence electrons. The van der Waals surface area contributed by atoms with Crippen molar-refractivity contribution in [2.75, 3.05) is 7.11 Å². The van der Waals surface area contributed by atoms with Gasteiger partial charge in [-0.1, -0.05) is 30.3 Å². The van der Waals surface area contributed by atoms with E-state index in [0.717, 1.165) is 28.6 Å². The van der Waals surface area contributed by atoms with Crippen molar-refractivity contribution in [1.82, 2.24) is 4.57 Å². The summed E-state index contributed by atoms with van der Waals surface area (Å²) in [5.74, 6) is -0.510. The number of para-hydroxylation sites is 1. The van der Waals surface area contributed by atoms with Crippen LogP contribution in [-0.4, -0.2) is 23.7 Å². The molecule has 2 aromatic carbocycles. The number of carbonyl (C=O) groups excluding carboxylic acids is 1. The number of hydrogen-bond donors (Lipinski definition) is 1. The van der Waals surface area contributed by atoms with Crippen LogP contribution in [-0.2, 0) is 28.7 Å². The molecule has 3 rings (SSSR count). The van der Waals surface area contributed by atoms with Gasteiger partial charge < -0.3 is 15.0 Å². The van der Waals surface area contributed by atoms with Crippen LogP contribution in [0.5, 0.6) is 0 Å². The summed E-state index contributed by atoms with van der Waals surface area (Å²) in [5.41, 5.74) is 7.44. The number of aromatic nitrogens is 1. The molecule has 0 saturated carbocycles. The minimum atomic E-state index is -4.38. The average molecular weight is 376 g/mol. The van der Waals surface area contributed by atoms with Crippen LogP contribution in [0.25, 0.3) is 10.9 Å². The predicted octanol–water partition coefficient (Wildman–Crippen LogP) is 3.75. The summed E-state index contributed by atoms with van der Waals surface area (Å²) < 4.78 is 45.4. The van der Waals surface area contributed by atoms with Crippen LogP contribution in [0.2, 0.25) is 0 Å². The van der Waals surface area contributed by atoms with E-state index in [-0.39, 0.29) is 13.0 Å². The molecule has 27 heavy (non-hydrogen) atoms. The molecule has 1 heterocycles. The standard InChI is InChI=1S/C20H19F3N2O2/c1-27-19(26)17(24)10-14-12-25(18-8-3-2-7-16(14)18)11-13-5-4-6-15(9-13)20(21,22)23/h2-9,12,17H,10-11,24H2,1H3/t17-/m0/s1. The molecule has 0 spiro atoms. The monoisotopic (exact) mass is 376 g/mol. The van der Waals surface area contributed by atoms with Gasteiger partial charge in [0.15, 0.2) is 0 Å². The van der Waals surface area contributed by atoms with Crippen molar-refractivity contribution in [3.8, 4) is 0 Å². The maximum Gasteiger partial charge on any atom is 0.416 e. The smallest absolute Gasteiger partial charge is 0.416 e. The Morgan fingerprint density at radius 1 is 1.19 bits per heavy atom. The molecule has 0 aliphatic heterocycles. The fourth-order valence-electron chi connectivity index (χ4n) is 3.13. The van der Waals surface area contributed by atoms with Crippen molar-refractivity contribution in [2.45, 2.75) is 25.2 Å². The second kappa shape index (κ2) is 7.44. The van der Waals surface area contributed by atoms with E-state index < -0.39 is 23.8 Å². The summed E-state index contributed by atoms with van der Waals surface area (Å²) in [7, 11) is 1.28. The number of nitrogens with zero attached hydrogens (tertiary/aromatic N) is 1. The molecule has 0 amide bonds. The van der Waals surface area contributed by atoms with E-state index in [1.807, 2.05) is 35.0 Å². The van der Waals surface area contributed by atoms with E-state index in [9.17, 15) is 18.0 Å². The summed E-state index contributed by atoms with van der Waals surface area (Å²) >= 11 is 0. The van der Waals surface area contributed by atoms with Gasteiger partial charge in [0.05, 0.1) is 12.7 Å². The van der Waals surface area contributed by atoms with E-state index in [0.29, 0.717) is 5.56 Å². The summed E-state index contributed by atoms with van der Waals surface area (Å²) in [6, 6.07) is 12.0. The number of ether oxygens (including phenoxy) is 1. The molecule has 1 atom stereocenters. The lowest BCUT2D eigenvalue weighted by atomic mass is 10.1. The van der Waals surface area contributed by atoms with Gasteiger partial charge >= 0.3 is 12.1 Å². The number of hydrogen-bond acceptors (Lipinski definition) is 3. The summed E-state index contributed by atoms with van der Waals surface area (Å²) in [6.45, 7) is 0.276. The zero-order valence-electron chi connectivity index (χ0n) is 14.7. The Morgan fingerprint density at radius 2 is 1.93 bits per heavy atom. The molecule has 2 N–H and O–H groups in total. The first-order valence-electron chi connectivity index (χ1n) is 8.36. The van der Waals surface area contributed by atoms with Crippen LogP contribution < -0.4 is 5.73 Å². The third kappa shape index (κ3) is 4.14. The number of methoxy groups -OCH3 is 1. The van der Waals surface area contributed by atoms with Crippen molar-refractivity contribution in [3.05, 3.63) is 71.4 Å². The molecule has 0 radical (unpaired) electrons. The highest BCUT2D eigenvalue weighted by Crippen LogP contribution is 2.30. The molecule has 0 unspecified atom stereocenters. The summed E-state index contributed by atoms with van der Waals surface area (Å²) in [6.07, 6.45) is -2.27. The van der Waals surface area contributed by atoms with Crippen LogP contribution in [0, 0.1) is 0 Å². The maximum atomic E-state index is 13.0. The lowest BCUT2D eigenvalue weighted by molar-refractivity contribution is -0.142. The molecule has 0 aliphatic rings. The van der Waals surface area contributed by atoms with Gasteiger partial charge in [-0.15, -0.1) is 0 Å². The molecule has 1 aromatic heterocycles. The van der Waals surface area contributed by atoms with E-state index in [2.05, 4.69) is 4.74 Å². The van der Waals surface area contributed by atoms with Crippen molar-refractivity contribution in [2.24, 2.45) is 5.73 Å². The molecule has 4 nitrogen and oxygen atoms in total. The third-order valence-corrected chi connectivity index (χ3v) is 4.42. The zero-order valence-corrected chi connectivity index (χ0v) is 14.7. The Labute approximate surface area is 154 Å². The predicted molar refractivity (Wildman–Crippen MR) is 96.2 cm³/mol. The van der Waals surface area contributed by atoms with Gasteiger partial charge in [0.2, 0.25) is 0 Å². The topological polar surface area (TPSA) is 57.2 Å². The SMILES string of the molecule is COC(=O)[C@@H](N)Cc1cn(Cc2cccc(C(F)(F)F)c2)c2ccccc12. The third-order valence-electron chi connectivity index (χ3n) is 4.42. The van der Waals surface area contributed by atoms with Crippen LogP contribution in [0.15, 0.2) is 54.7 Å². The average Bonchev–Trinajstić information content (AvgIpc) is 2.98. The molecule has 0 saturated heterocycles. The second-order valence-corrected chi connectivity index (χ2v) is 6.33. The maximum absolute atomic E-state index is 13.0. The van der Waals surface area contributed by atoms with E-state index in [1.165, 1.54) is 13.2 Å². The minimum Gasteiger partial charge on any atom is -0.468 e. The largest absolute Gasteiger partial charge is 0.468 e. The number of benzene rings is 2. The van der Waals surface area contributed by atoms with Crippen LogP contribution >= 0.6 is 0 Å². The molecular formula is C20H19F3N2O2. The molecule has 0 fully saturated rings. The summed E-state index contributed by atoms with van der Waals surface area (Å²) in [5, 5.41) is 0.906. The highest BCUT2D eigenvalue weighted by atomic mass is 19.4. The number of carbonyl (C=O) groups is 1. The van der Waals surface area contributed by atoms with Gasteiger partial charge in [0, 0.05) is 30.1 Å². The lowest BCUT2D eigenvalue weighted by Crippen LogP contribution is -2.33. The molecule has 7 heteroatoms. The number of esters is 1. The molecular weight excluding hydrogens is 357 g/mol.